The van der Waals surface area contributed by atoms with E-state index in [1.807, 2.05) is 11.9 Å². The molecule has 1 amide bonds. The number of nitrogens with one attached hydrogen (secondary N) is 2. The predicted molar refractivity (Wildman–Crippen MR) is 101 cm³/mol. The molecule has 0 unspecified atom stereocenters. The Labute approximate surface area is 154 Å². The number of likely N-dealkylation sites (N-methyl/N-ethyl adjacent to an activating group) is 1. The van der Waals surface area contributed by atoms with E-state index in [0.29, 0.717) is 30.3 Å². The second-order valence-corrected chi connectivity index (χ2v) is 6.61. The molecule has 1 aliphatic rings. The maximum Gasteiger partial charge on any atom is 0.251 e. The average molecular weight is 367 g/mol. The Balaban J connectivity index is 1.60. The van der Waals surface area contributed by atoms with E-state index in [1.54, 1.807) is 31.3 Å². The van der Waals surface area contributed by atoms with Gasteiger partial charge in [-0.25, -0.2) is 0 Å². The second-order valence-electron chi connectivity index (χ2n) is 6.18. The van der Waals surface area contributed by atoms with Crippen LogP contribution in [0.4, 0.5) is 0 Å². The molecule has 2 N–H and O–H groups in total. The Hall–Kier alpha value is -1.79. The molecule has 6 nitrogen and oxygen atoms in total. The van der Waals surface area contributed by atoms with E-state index in [4.69, 9.17) is 16.3 Å². The van der Waals surface area contributed by atoms with Gasteiger partial charge >= 0.3 is 0 Å². The van der Waals surface area contributed by atoms with Gasteiger partial charge in [-0.3, -0.25) is 9.79 Å². The van der Waals surface area contributed by atoms with Gasteiger partial charge in [0.05, 0.1) is 6.61 Å². The summed E-state index contributed by atoms with van der Waals surface area (Å²) in [5.41, 5.74) is 0.596. The minimum atomic E-state index is -0.115. The molecule has 0 radical (unpaired) electrons. The highest BCUT2D eigenvalue weighted by atomic mass is 35.5. The lowest BCUT2D eigenvalue weighted by Gasteiger charge is -2.22. The van der Waals surface area contributed by atoms with Crippen molar-refractivity contribution < 1.29 is 9.53 Å². The van der Waals surface area contributed by atoms with Gasteiger partial charge in [0.15, 0.2) is 5.96 Å². The third-order valence-electron chi connectivity index (χ3n) is 3.99. The molecule has 2 rings (SSSR count). The van der Waals surface area contributed by atoms with E-state index < -0.39 is 0 Å². The second kappa shape index (κ2) is 10.3. The van der Waals surface area contributed by atoms with Gasteiger partial charge in [0.2, 0.25) is 0 Å². The summed E-state index contributed by atoms with van der Waals surface area (Å²) in [5, 5.41) is 6.71. The normalized spacial score (nSPS) is 14.3. The maximum absolute atomic E-state index is 12.0. The number of benzene rings is 1. The third kappa shape index (κ3) is 7.32. The molecule has 1 fully saturated rings. The first-order chi connectivity index (χ1) is 12.1. The molecule has 0 atom stereocenters. The molecule has 0 aliphatic heterocycles. The van der Waals surface area contributed by atoms with Crippen LogP contribution in [-0.4, -0.2) is 63.7 Å². The first-order valence-corrected chi connectivity index (χ1v) is 9.01. The highest BCUT2D eigenvalue weighted by Gasteiger charge is 2.21. The number of carbonyl (C=O) groups excluding carboxylic acids is 1. The fraction of sp³-hybridized carbons (Fsp3) is 0.556. The molecule has 7 heteroatoms. The molecule has 1 aromatic carbocycles. The average Bonchev–Trinajstić information content (AvgIpc) is 3.43. The summed E-state index contributed by atoms with van der Waals surface area (Å²) < 4.78 is 5.65. The number of nitrogens with zero attached hydrogens (tertiary/aromatic N) is 2. The lowest BCUT2D eigenvalue weighted by molar-refractivity contribution is 0.0954. The summed E-state index contributed by atoms with van der Waals surface area (Å²) in [6.07, 6.45) is 2.61. The number of guanidine groups is 1. The fourth-order valence-electron chi connectivity index (χ4n) is 2.28. The van der Waals surface area contributed by atoms with Crippen molar-refractivity contribution >= 4 is 23.5 Å². The number of amides is 1. The van der Waals surface area contributed by atoms with Gasteiger partial charge in [-0.15, -0.1) is 0 Å². The lowest BCUT2D eigenvalue weighted by atomic mass is 10.2. The summed E-state index contributed by atoms with van der Waals surface area (Å²) in [5.74, 6) is 1.46. The van der Waals surface area contributed by atoms with Crippen molar-refractivity contribution in [2.24, 2.45) is 10.9 Å². The number of hydrogen-bond donors (Lipinski definition) is 2. The van der Waals surface area contributed by atoms with Crippen LogP contribution in [0, 0.1) is 5.92 Å². The minimum absolute atomic E-state index is 0.115. The molecule has 1 aliphatic carbocycles. The minimum Gasteiger partial charge on any atom is -0.379 e. The first kappa shape index (κ1) is 19.5. The van der Waals surface area contributed by atoms with E-state index in [2.05, 4.69) is 15.6 Å². The van der Waals surface area contributed by atoms with E-state index >= 15 is 0 Å². The molecule has 0 saturated heterocycles. The lowest BCUT2D eigenvalue weighted by Crippen LogP contribution is -2.43. The first-order valence-electron chi connectivity index (χ1n) is 8.63. The van der Waals surface area contributed by atoms with Crippen LogP contribution in [0.3, 0.4) is 0 Å². The Bertz CT molecular complexity index is 573. The zero-order chi connectivity index (χ0) is 18.1. The Morgan fingerprint density at radius 1 is 1.28 bits per heavy atom. The monoisotopic (exact) mass is 366 g/mol. The molecule has 0 spiro atoms. The summed E-state index contributed by atoms with van der Waals surface area (Å²) in [6.45, 7) is 3.45. The van der Waals surface area contributed by atoms with Crippen LogP contribution in [-0.2, 0) is 4.74 Å². The van der Waals surface area contributed by atoms with Crippen molar-refractivity contribution in [3.8, 4) is 0 Å². The van der Waals surface area contributed by atoms with Crippen molar-refractivity contribution in [2.45, 2.75) is 12.8 Å². The van der Waals surface area contributed by atoms with Crippen molar-refractivity contribution in [1.82, 2.24) is 15.5 Å². The fourth-order valence-corrected chi connectivity index (χ4v) is 2.41. The molecule has 25 heavy (non-hydrogen) atoms. The summed E-state index contributed by atoms with van der Waals surface area (Å²) in [7, 11) is 3.72. The number of halogens is 1. The number of ether oxygens (including phenoxy) is 1. The van der Waals surface area contributed by atoms with Gasteiger partial charge in [-0.2, -0.15) is 0 Å². The molecule has 1 aromatic rings. The smallest absolute Gasteiger partial charge is 0.251 e. The molecule has 0 heterocycles. The van der Waals surface area contributed by atoms with Crippen molar-refractivity contribution in [3.63, 3.8) is 0 Å². The molecule has 0 aromatic heterocycles. The van der Waals surface area contributed by atoms with Crippen LogP contribution in [0.25, 0.3) is 0 Å². The Kier molecular flexibility index (Phi) is 8.01. The van der Waals surface area contributed by atoms with Crippen LogP contribution in [0.5, 0.6) is 0 Å². The third-order valence-corrected chi connectivity index (χ3v) is 4.25. The summed E-state index contributed by atoms with van der Waals surface area (Å²) in [4.78, 5) is 18.3. The Morgan fingerprint density at radius 2 is 1.96 bits per heavy atom. The zero-order valence-electron chi connectivity index (χ0n) is 14.9. The number of aliphatic imine (C=N–C) groups is 1. The molecular formula is C18H27ClN4O2. The summed E-state index contributed by atoms with van der Waals surface area (Å²) in [6, 6.07) is 6.83. The number of rotatable bonds is 9. The zero-order valence-corrected chi connectivity index (χ0v) is 15.7. The van der Waals surface area contributed by atoms with E-state index in [-0.39, 0.29) is 5.91 Å². The van der Waals surface area contributed by atoms with Gasteiger partial charge in [-0.1, -0.05) is 11.6 Å². The topological polar surface area (TPSA) is 66.0 Å². The molecular weight excluding hydrogens is 340 g/mol. The van der Waals surface area contributed by atoms with Crippen LogP contribution >= 0.6 is 11.6 Å². The molecule has 138 valence electrons. The van der Waals surface area contributed by atoms with Crippen LogP contribution in [0.15, 0.2) is 29.3 Å². The predicted octanol–water partition coefficient (Wildman–Crippen LogP) is 2.00. The largest absolute Gasteiger partial charge is 0.379 e. The van der Waals surface area contributed by atoms with Crippen molar-refractivity contribution in [2.75, 3.05) is 46.9 Å². The number of hydrogen-bond acceptors (Lipinski definition) is 3. The van der Waals surface area contributed by atoms with E-state index in [9.17, 15) is 4.79 Å². The molecule has 0 bridgehead atoms. The highest BCUT2D eigenvalue weighted by Crippen LogP contribution is 2.28. The van der Waals surface area contributed by atoms with Gasteiger partial charge < -0.3 is 20.3 Å². The molecule has 1 saturated carbocycles. The van der Waals surface area contributed by atoms with Crippen molar-refractivity contribution in [3.05, 3.63) is 34.9 Å². The number of carbonyl (C=O) groups is 1. The Morgan fingerprint density at radius 3 is 2.60 bits per heavy atom. The summed E-state index contributed by atoms with van der Waals surface area (Å²) >= 11 is 5.82. The van der Waals surface area contributed by atoms with Gasteiger partial charge in [0.1, 0.15) is 0 Å². The van der Waals surface area contributed by atoms with Crippen LogP contribution in [0.1, 0.15) is 23.2 Å². The standard InChI is InChI=1S/C18H27ClN4O2/c1-20-18(23(2)11-12-25-13-14-3-4-14)22-10-9-21-17(24)15-5-7-16(19)8-6-15/h5-8,14H,3-4,9-13H2,1-2H3,(H,20,22)(H,21,24). The van der Waals surface area contributed by atoms with Gasteiger partial charge in [0, 0.05) is 50.9 Å². The maximum atomic E-state index is 12.0. The van der Waals surface area contributed by atoms with E-state index in [1.165, 1.54) is 12.8 Å². The van der Waals surface area contributed by atoms with E-state index in [0.717, 1.165) is 25.0 Å². The van der Waals surface area contributed by atoms with Gasteiger partial charge in [-0.05, 0) is 43.0 Å². The quantitative estimate of drug-likeness (QED) is 0.398. The van der Waals surface area contributed by atoms with Gasteiger partial charge in [0.25, 0.3) is 5.91 Å². The van der Waals surface area contributed by atoms with Crippen molar-refractivity contribution in [1.29, 1.82) is 0 Å². The SMILES string of the molecule is CN=C(NCCNC(=O)c1ccc(Cl)cc1)N(C)CCOCC1CC1. The highest BCUT2D eigenvalue weighted by molar-refractivity contribution is 6.30. The van der Waals surface area contributed by atoms with Crippen LogP contribution in [0.2, 0.25) is 5.02 Å². The van der Waals surface area contributed by atoms with Crippen LogP contribution < -0.4 is 10.6 Å².